The van der Waals surface area contributed by atoms with Gasteiger partial charge in [0.1, 0.15) is 9.57 Å². The maximum absolute atomic E-state index is 12.3. The molecular weight excluding hydrogens is 676 g/mol. The third-order valence-corrected chi connectivity index (χ3v) is 17.5. The number of ether oxygens (including phenoxy) is 1. The van der Waals surface area contributed by atoms with Crippen molar-refractivity contribution in [3.8, 4) is 16.2 Å². The molecule has 0 aliphatic carbocycles. The predicted molar refractivity (Wildman–Crippen MR) is 220 cm³/mol. The summed E-state index contributed by atoms with van der Waals surface area (Å²) < 4.78 is 6.44. The molecule has 1 heterocycles. The minimum absolute atomic E-state index is 0.135. The predicted octanol–water partition coefficient (Wildman–Crippen LogP) is 12.3. The summed E-state index contributed by atoms with van der Waals surface area (Å²) in [6.07, 6.45) is 18.2. The molecule has 0 saturated heterocycles. The van der Waals surface area contributed by atoms with E-state index in [1.165, 1.54) is 92.7 Å². The minimum atomic E-state index is -2.08. The molecule has 5 aromatic rings. The molecule has 0 aliphatic rings. The monoisotopic (exact) mass is 726 g/mol. The van der Waals surface area contributed by atoms with Crippen LogP contribution in [0.3, 0.4) is 0 Å². The van der Waals surface area contributed by atoms with Gasteiger partial charge in [-0.1, -0.05) is 39.3 Å². The fourth-order valence-electron chi connectivity index (χ4n) is 6.95. The molecule has 49 heavy (non-hydrogen) atoms. The fraction of sp³-hybridized carbons (Fsp3) is 0.349. The second-order valence-corrected chi connectivity index (χ2v) is 20.0. The van der Waals surface area contributed by atoms with E-state index in [2.05, 4.69) is 91.0 Å². The molecule has 2 nitrogen and oxygen atoms in total. The van der Waals surface area contributed by atoms with Crippen molar-refractivity contribution in [1.29, 1.82) is 0 Å². The number of carbonyl (C=O) groups is 1. The SMILES string of the molecule is O=C(CCCCCCCCCCCCCCC[PH](c1ccccc1)(c1ccccc1)c1ccccc1)Oc1ccc(-c2cc(=S)ss2)cc1. The molecule has 0 fully saturated rings. The summed E-state index contributed by atoms with van der Waals surface area (Å²) in [7, 11) is 1.20. The van der Waals surface area contributed by atoms with Crippen LogP contribution in [0.4, 0.5) is 0 Å². The number of benzene rings is 4. The average molecular weight is 727 g/mol. The Morgan fingerprint density at radius 1 is 0.531 bits per heavy atom. The smallest absolute Gasteiger partial charge is 0.130 e. The van der Waals surface area contributed by atoms with Gasteiger partial charge in [-0.15, -0.1) is 0 Å². The van der Waals surface area contributed by atoms with Crippen LogP contribution in [0.5, 0.6) is 5.75 Å². The summed E-state index contributed by atoms with van der Waals surface area (Å²) >= 11 is 5.23. The Balaban J connectivity index is 0.906. The maximum atomic E-state index is 12.3. The number of carbonyl (C=O) groups excluding carboxylic acids is 1. The van der Waals surface area contributed by atoms with E-state index in [1.807, 2.05) is 30.3 Å². The first kappa shape index (κ1) is 37.3. The van der Waals surface area contributed by atoms with Gasteiger partial charge in [0.15, 0.2) is 0 Å². The van der Waals surface area contributed by atoms with Gasteiger partial charge in [-0.05, 0) is 42.3 Å². The van der Waals surface area contributed by atoms with Gasteiger partial charge in [0.05, 0.1) is 0 Å². The van der Waals surface area contributed by atoms with Crippen LogP contribution in [0.2, 0.25) is 0 Å². The second kappa shape index (κ2) is 20.7. The molecule has 0 unspecified atom stereocenters. The molecule has 0 bridgehead atoms. The minimum Gasteiger partial charge on any atom is -0.427 e. The number of esters is 1. The zero-order valence-electron chi connectivity index (χ0n) is 28.7. The largest absolute Gasteiger partial charge is 0.427 e. The summed E-state index contributed by atoms with van der Waals surface area (Å²) in [6, 6.07) is 43.7. The van der Waals surface area contributed by atoms with E-state index in [1.54, 1.807) is 20.7 Å². The van der Waals surface area contributed by atoms with Gasteiger partial charge < -0.3 is 4.74 Å². The molecule has 6 heteroatoms. The standard InChI is InChI=1S/C43H51O2PS3/c44-42(45-37-32-30-36(31-33-37)41-35-43(47)49-48-41)29-21-10-8-6-4-2-1-3-5-7-9-11-22-34-46(38-23-15-12-16-24-38,39-25-17-13-18-26-39)40-27-19-14-20-28-40/h12-20,23-28,30-33,35,46H,1-11,21-22,29,34H2. The van der Waals surface area contributed by atoms with E-state index in [0.717, 1.165) is 27.1 Å². The molecule has 0 radical (unpaired) electrons. The first-order chi connectivity index (χ1) is 24.1. The summed E-state index contributed by atoms with van der Waals surface area (Å²) in [4.78, 5) is 13.4. The molecule has 4 aromatic carbocycles. The van der Waals surface area contributed by atoms with Gasteiger partial charge in [0.25, 0.3) is 0 Å². The van der Waals surface area contributed by atoms with E-state index >= 15 is 0 Å². The van der Waals surface area contributed by atoms with Gasteiger partial charge in [-0.25, -0.2) is 0 Å². The average Bonchev–Trinajstić information content (AvgIpc) is 3.59. The molecule has 0 spiro atoms. The van der Waals surface area contributed by atoms with Crippen LogP contribution in [-0.4, -0.2) is 12.1 Å². The van der Waals surface area contributed by atoms with Crippen molar-refractivity contribution < 1.29 is 9.53 Å². The third kappa shape index (κ3) is 11.5. The van der Waals surface area contributed by atoms with Crippen molar-refractivity contribution in [3.63, 3.8) is 0 Å². The van der Waals surface area contributed by atoms with Crippen LogP contribution in [0.15, 0.2) is 121 Å². The molecule has 0 amide bonds. The normalized spacial score (nSPS) is 11.8. The van der Waals surface area contributed by atoms with E-state index in [0.29, 0.717) is 12.2 Å². The number of hydrogen-bond acceptors (Lipinski definition) is 5. The van der Waals surface area contributed by atoms with Crippen molar-refractivity contribution in [2.45, 2.75) is 89.9 Å². The summed E-state index contributed by atoms with van der Waals surface area (Å²) in [5.74, 6) is 0.481. The van der Waals surface area contributed by atoms with E-state index in [9.17, 15) is 4.79 Å². The number of rotatable bonds is 21. The van der Waals surface area contributed by atoms with Crippen LogP contribution in [0.1, 0.15) is 89.9 Å². The van der Waals surface area contributed by atoms with Crippen LogP contribution in [-0.2, 0) is 4.79 Å². The van der Waals surface area contributed by atoms with Crippen LogP contribution >= 0.6 is 40.2 Å². The Kier molecular flexibility index (Phi) is 15.7. The van der Waals surface area contributed by atoms with Crippen LogP contribution < -0.4 is 20.7 Å². The van der Waals surface area contributed by atoms with Crippen molar-refractivity contribution in [3.05, 3.63) is 125 Å². The topological polar surface area (TPSA) is 26.3 Å². The Morgan fingerprint density at radius 3 is 1.39 bits per heavy atom. The van der Waals surface area contributed by atoms with E-state index in [-0.39, 0.29) is 5.97 Å². The quantitative estimate of drug-likeness (QED) is 0.0188. The second-order valence-electron chi connectivity index (χ2n) is 13.1. The maximum Gasteiger partial charge on any atom is 0.130 e. The van der Waals surface area contributed by atoms with Crippen LogP contribution in [0.25, 0.3) is 10.4 Å². The molecule has 0 aliphatic heterocycles. The van der Waals surface area contributed by atoms with Crippen molar-refractivity contribution >= 4 is 62.0 Å². The molecule has 0 atom stereocenters. The summed E-state index contributed by atoms with van der Waals surface area (Å²) in [5.41, 5.74) is 1.11. The number of hydrogen-bond donors (Lipinski definition) is 0. The fourth-order valence-corrected chi connectivity index (χ4v) is 14.3. The van der Waals surface area contributed by atoms with Crippen molar-refractivity contribution in [2.75, 3.05) is 6.16 Å². The Bertz CT molecular complexity index is 1600. The Labute approximate surface area is 307 Å². The third-order valence-electron chi connectivity index (χ3n) is 9.57. The molecule has 258 valence electrons. The zero-order valence-corrected chi connectivity index (χ0v) is 32.1. The molecule has 1 aromatic heterocycles. The van der Waals surface area contributed by atoms with Gasteiger partial charge in [-0.3, -0.25) is 4.79 Å². The first-order valence-electron chi connectivity index (χ1n) is 18.2. The Hall–Kier alpha value is -2.95. The van der Waals surface area contributed by atoms with E-state index < -0.39 is 7.26 Å². The van der Waals surface area contributed by atoms with E-state index in [4.69, 9.17) is 17.0 Å². The molecule has 5 rings (SSSR count). The first-order valence-corrected chi connectivity index (χ1v) is 23.0. The summed E-state index contributed by atoms with van der Waals surface area (Å²) in [5, 5.41) is 4.57. The van der Waals surface area contributed by atoms with Gasteiger partial charge >= 0.3 is 197 Å². The molecular formula is C43H51O2PS3. The summed E-state index contributed by atoms with van der Waals surface area (Å²) in [6.45, 7) is 0. The van der Waals surface area contributed by atoms with Gasteiger partial charge in [-0.2, -0.15) is 0 Å². The van der Waals surface area contributed by atoms with Crippen molar-refractivity contribution in [2.24, 2.45) is 0 Å². The number of unbranched alkanes of at least 4 members (excludes halogenated alkanes) is 12. The Morgan fingerprint density at radius 2 is 0.959 bits per heavy atom. The van der Waals surface area contributed by atoms with Crippen molar-refractivity contribution in [1.82, 2.24) is 0 Å². The van der Waals surface area contributed by atoms with Gasteiger partial charge in [0, 0.05) is 11.3 Å². The molecule has 0 saturated carbocycles. The zero-order chi connectivity index (χ0) is 34.0. The molecule has 0 N–H and O–H groups in total. The van der Waals surface area contributed by atoms with Gasteiger partial charge in [0.2, 0.25) is 0 Å². The van der Waals surface area contributed by atoms with Crippen LogP contribution in [0, 0.1) is 3.82 Å².